The Labute approximate surface area is 435 Å². The molecule has 0 radical (unpaired) electrons. The summed E-state index contributed by atoms with van der Waals surface area (Å²) in [7, 11) is 3.28. The number of likely N-dealkylation sites (N-methyl/N-ethyl adjacent to an activating group) is 2. The molecule has 17 heteroatoms. The minimum Gasteiger partial charge on any atom is -0.347 e. The number of nitrogens with one attached hydrogen (secondary N) is 8. The molecule has 0 spiro atoms. The predicted octanol–water partition coefficient (Wildman–Crippen LogP) is 2.57. The highest BCUT2D eigenvalue weighted by Gasteiger charge is 2.45. The lowest BCUT2D eigenvalue weighted by Gasteiger charge is -2.36. The number of carbonyl (C=O) groups excluding carboxylic acids is 7. The predicted molar refractivity (Wildman–Crippen MR) is 282 cm³/mol. The molecule has 7 rings (SSSR count). The molecule has 7 amide bonds. The van der Waals surface area contributed by atoms with E-state index >= 15 is 0 Å². The van der Waals surface area contributed by atoms with Crippen molar-refractivity contribution in [2.75, 3.05) is 27.2 Å². The second-order valence-electron chi connectivity index (χ2n) is 20.2. The Kier molecular flexibility index (Phi) is 18.7. The van der Waals surface area contributed by atoms with E-state index in [1.807, 2.05) is 37.3 Å². The van der Waals surface area contributed by atoms with Crippen molar-refractivity contribution in [3.63, 3.8) is 0 Å². The first kappa shape index (κ1) is 54.7. The van der Waals surface area contributed by atoms with E-state index in [0.29, 0.717) is 6.42 Å². The van der Waals surface area contributed by atoms with Crippen molar-refractivity contribution in [2.24, 2.45) is 0 Å². The van der Waals surface area contributed by atoms with Crippen LogP contribution in [0.1, 0.15) is 127 Å². The van der Waals surface area contributed by atoms with E-state index in [-0.39, 0.29) is 85.4 Å². The molecular formula is C57H72N10O7. The molecule has 2 heterocycles. The molecule has 2 fully saturated rings. The second kappa shape index (κ2) is 25.3. The highest BCUT2D eigenvalue weighted by molar-refractivity contribution is 6.00. The van der Waals surface area contributed by atoms with Crippen LogP contribution in [0.2, 0.25) is 0 Å². The number of aryl methyl sites for hydroxylation is 2. The number of fused-ring (bicyclic) bond motifs is 2. The van der Waals surface area contributed by atoms with Crippen LogP contribution >= 0.6 is 0 Å². The molecule has 11 atom stereocenters. The van der Waals surface area contributed by atoms with Crippen LogP contribution in [-0.2, 0) is 36.8 Å². The fraction of sp³-hybridized carbons (Fsp3) is 0.491. The fourth-order valence-corrected chi connectivity index (χ4v) is 10.9. The third-order valence-electron chi connectivity index (χ3n) is 15.2. The summed E-state index contributed by atoms with van der Waals surface area (Å²) in [6.07, 6.45) is 17.2. The summed E-state index contributed by atoms with van der Waals surface area (Å²) >= 11 is 0. The van der Waals surface area contributed by atoms with E-state index in [1.165, 1.54) is 22.1 Å². The summed E-state index contributed by atoms with van der Waals surface area (Å²) in [6.45, 7) is 5.49. The Morgan fingerprint density at radius 1 is 0.622 bits per heavy atom. The molecule has 2 saturated heterocycles. The number of carbonyl (C=O) groups is 7. The van der Waals surface area contributed by atoms with Gasteiger partial charge < -0.3 is 52.3 Å². The van der Waals surface area contributed by atoms with Gasteiger partial charge in [-0.15, -0.1) is 24.7 Å². The molecule has 2 aliphatic heterocycles. The third kappa shape index (κ3) is 13.0. The van der Waals surface area contributed by atoms with Crippen molar-refractivity contribution in [3.8, 4) is 24.7 Å². The molecule has 3 aromatic carbocycles. The van der Waals surface area contributed by atoms with E-state index in [2.05, 4.69) is 72.6 Å². The van der Waals surface area contributed by atoms with Gasteiger partial charge in [0.25, 0.3) is 11.8 Å². The van der Waals surface area contributed by atoms with E-state index in [0.717, 1.165) is 49.7 Å². The lowest BCUT2D eigenvalue weighted by Crippen LogP contribution is -2.56. The van der Waals surface area contributed by atoms with Gasteiger partial charge in [-0.1, -0.05) is 54.6 Å². The van der Waals surface area contributed by atoms with E-state index in [4.69, 9.17) is 12.8 Å². The van der Waals surface area contributed by atoms with Gasteiger partial charge in [0.05, 0.1) is 18.1 Å². The molecule has 2 aliphatic carbocycles. The zero-order chi connectivity index (χ0) is 53.1. The van der Waals surface area contributed by atoms with Crippen LogP contribution in [-0.4, -0.2) is 133 Å². The van der Waals surface area contributed by atoms with Gasteiger partial charge in [0.2, 0.25) is 29.5 Å². The average molecular weight is 1010 g/mol. The molecule has 4 aliphatic rings. The molecule has 0 saturated carbocycles. The molecule has 3 aromatic rings. The van der Waals surface area contributed by atoms with Gasteiger partial charge in [0.15, 0.2) is 0 Å². The maximum Gasteiger partial charge on any atom is 0.251 e. The van der Waals surface area contributed by atoms with Crippen LogP contribution in [0.4, 0.5) is 0 Å². The number of hydrogen-bond acceptors (Lipinski definition) is 10. The summed E-state index contributed by atoms with van der Waals surface area (Å²) in [5.41, 5.74) is 5.08. The zero-order valence-corrected chi connectivity index (χ0v) is 43.2. The number of nitrogens with zero attached hydrogens (tertiary/aromatic N) is 2. The topological polar surface area (TPSA) is 222 Å². The normalized spacial score (nSPS) is 23.0. The molecular weight excluding hydrogens is 937 g/mol. The highest BCUT2D eigenvalue weighted by Crippen LogP contribution is 2.33. The first-order chi connectivity index (χ1) is 35.6. The van der Waals surface area contributed by atoms with Crippen LogP contribution in [0.3, 0.4) is 0 Å². The Morgan fingerprint density at radius 2 is 1.11 bits per heavy atom. The van der Waals surface area contributed by atoms with Crippen LogP contribution in [0, 0.1) is 24.7 Å². The molecule has 74 heavy (non-hydrogen) atoms. The molecule has 0 bridgehead atoms. The lowest BCUT2D eigenvalue weighted by molar-refractivity contribution is -0.141. The van der Waals surface area contributed by atoms with E-state index in [1.54, 1.807) is 51.0 Å². The monoisotopic (exact) mass is 1010 g/mol. The Balaban J connectivity index is 1.06. The van der Waals surface area contributed by atoms with Gasteiger partial charge >= 0.3 is 0 Å². The van der Waals surface area contributed by atoms with Crippen molar-refractivity contribution < 1.29 is 33.6 Å². The molecule has 17 nitrogen and oxygen atoms in total. The number of amides is 7. The smallest absolute Gasteiger partial charge is 0.251 e. The van der Waals surface area contributed by atoms with Gasteiger partial charge in [-0.3, -0.25) is 33.6 Å². The lowest BCUT2D eigenvalue weighted by atomic mass is 9.87. The number of hydrogen-bond donors (Lipinski definition) is 8. The number of likely N-dealkylation sites (tertiary alicyclic amines) is 2. The van der Waals surface area contributed by atoms with Crippen molar-refractivity contribution in [1.29, 1.82) is 0 Å². The largest absolute Gasteiger partial charge is 0.347 e. The number of rotatable bonds is 19. The minimum absolute atomic E-state index is 0.0206. The first-order valence-electron chi connectivity index (χ1n) is 26.0. The molecule has 392 valence electrons. The Morgan fingerprint density at radius 3 is 1.65 bits per heavy atom. The highest BCUT2D eigenvalue weighted by atomic mass is 16.2. The van der Waals surface area contributed by atoms with Crippen molar-refractivity contribution in [2.45, 2.75) is 151 Å². The van der Waals surface area contributed by atoms with E-state index < -0.39 is 65.9 Å². The summed E-state index contributed by atoms with van der Waals surface area (Å²) in [6, 6.07) is 16.3. The van der Waals surface area contributed by atoms with Gasteiger partial charge in [-0.2, -0.15) is 0 Å². The SMILES string of the molecule is C#CC[C@H](NC(=O)[C@H](C)NC)C(=O)N1C[C@@H](NC(=O)c2cccc(C(=O)N[C@H]3C[C@@H](C(C)N[C@@H]4CCCc5ccccc54)N(C(=O)[C@H](CC#C)NC(=O)[C@H](C)NC)C3)c2)C[C@H]1C(=O)N[C@@H]1CCCc2ccccc21. The maximum absolute atomic E-state index is 14.5. The van der Waals surface area contributed by atoms with E-state index in [9.17, 15) is 33.6 Å². The minimum atomic E-state index is -1.12. The zero-order valence-electron chi connectivity index (χ0n) is 43.2. The van der Waals surface area contributed by atoms with Gasteiger partial charge in [-0.25, -0.2) is 0 Å². The van der Waals surface area contributed by atoms with Gasteiger partial charge in [0.1, 0.15) is 18.1 Å². The molecule has 1 unspecified atom stereocenters. The Hall–Kier alpha value is -7.05. The van der Waals surface area contributed by atoms with Crippen molar-refractivity contribution in [3.05, 3.63) is 106 Å². The summed E-state index contributed by atoms with van der Waals surface area (Å²) in [5, 5.41) is 24.4. The summed E-state index contributed by atoms with van der Waals surface area (Å²) < 4.78 is 0. The average Bonchev–Trinajstić information content (AvgIpc) is 4.04. The van der Waals surface area contributed by atoms with Crippen LogP contribution in [0.5, 0.6) is 0 Å². The third-order valence-corrected chi connectivity index (χ3v) is 15.2. The van der Waals surface area contributed by atoms with Crippen LogP contribution < -0.4 is 42.5 Å². The van der Waals surface area contributed by atoms with Gasteiger partial charge in [-0.05, 0) is 127 Å². The van der Waals surface area contributed by atoms with Crippen molar-refractivity contribution >= 4 is 41.4 Å². The van der Waals surface area contributed by atoms with Crippen LogP contribution in [0.25, 0.3) is 0 Å². The van der Waals surface area contributed by atoms with Crippen LogP contribution in [0.15, 0.2) is 72.8 Å². The van der Waals surface area contributed by atoms with Crippen molar-refractivity contribution in [1.82, 2.24) is 52.3 Å². The second-order valence-corrected chi connectivity index (χ2v) is 20.2. The maximum atomic E-state index is 14.5. The number of terminal acetylenes is 2. The molecule has 0 aromatic heterocycles. The quantitative estimate of drug-likeness (QED) is 0.0821. The standard InChI is InChI=1S/C57H72N10O7/c1-8-17-47(64-51(68)35(4)58-6)56(73)66-32-41(30-49(66)34(3)60-45-27-15-21-37-19-10-12-25-43(37)45)61-53(70)39-23-14-24-40(29-39)54(71)62-42-31-50(55(72)63-46-28-16-22-38-20-11-13-26-44(38)46)67(33-42)57(74)48(18-9-2)65-52(69)36(5)59-7/h1-2,10-14,19-20,23-26,29,34-36,41-42,45-50,58-60H,15-18,21-22,27-28,30-33H2,3-7H3,(H,61,70)(H,62,71)(H,63,72)(H,64,68)(H,65,69)/t34?,35-,36-,41-,42-,45+,46+,47-,48-,49-,50-/m0/s1. The van der Waals surface area contributed by atoms with Gasteiger partial charge in [0, 0.05) is 67.3 Å². The molecule has 8 N–H and O–H groups in total. The number of benzene rings is 3. The fourth-order valence-electron chi connectivity index (χ4n) is 10.9. The summed E-state index contributed by atoms with van der Waals surface area (Å²) in [4.78, 5) is 101. The summed E-state index contributed by atoms with van der Waals surface area (Å²) in [5.74, 6) is 1.98. The Bertz CT molecular complexity index is 2640. The first-order valence-corrected chi connectivity index (χ1v) is 26.0.